The summed E-state index contributed by atoms with van der Waals surface area (Å²) >= 11 is 0. The fourth-order valence-electron chi connectivity index (χ4n) is 2.18. The number of amides is 1. The maximum atomic E-state index is 12.4. The van der Waals surface area contributed by atoms with Gasteiger partial charge in [-0.2, -0.15) is 0 Å². The Labute approximate surface area is 115 Å². The summed E-state index contributed by atoms with van der Waals surface area (Å²) in [5.41, 5.74) is 6.12. The van der Waals surface area contributed by atoms with Gasteiger partial charge in [0.05, 0.1) is 18.1 Å². The maximum absolute atomic E-state index is 12.4. The average Bonchev–Trinajstić information content (AvgIpc) is 2.48. The van der Waals surface area contributed by atoms with Crippen molar-refractivity contribution in [3.63, 3.8) is 0 Å². The van der Waals surface area contributed by atoms with Crippen molar-refractivity contribution in [2.24, 2.45) is 11.1 Å². The number of carbonyl (C=O) groups is 1. The van der Waals surface area contributed by atoms with Gasteiger partial charge in [0.2, 0.25) is 5.91 Å². The predicted molar refractivity (Wildman–Crippen MR) is 76.5 cm³/mol. The number of carbonyl (C=O) groups excluding carboxylic acids is 1. The maximum Gasteiger partial charge on any atom is 0.228 e. The molecular formula is C15H24N2O2. The van der Waals surface area contributed by atoms with Crippen LogP contribution < -0.4 is 11.1 Å². The molecule has 4 heteroatoms. The second-order valence-corrected chi connectivity index (χ2v) is 4.81. The van der Waals surface area contributed by atoms with E-state index in [1.807, 2.05) is 44.2 Å². The van der Waals surface area contributed by atoms with Crippen LogP contribution >= 0.6 is 0 Å². The van der Waals surface area contributed by atoms with E-state index in [2.05, 4.69) is 5.32 Å². The zero-order chi connectivity index (χ0) is 14.3. The molecule has 0 saturated carbocycles. The van der Waals surface area contributed by atoms with E-state index >= 15 is 0 Å². The molecule has 0 aliphatic rings. The number of rotatable bonds is 7. The molecule has 1 amide bonds. The topological polar surface area (TPSA) is 75.4 Å². The lowest BCUT2D eigenvalue weighted by Crippen LogP contribution is -2.47. The zero-order valence-electron chi connectivity index (χ0n) is 11.7. The lowest BCUT2D eigenvalue weighted by Gasteiger charge is -2.30. The van der Waals surface area contributed by atoms with Gasteiger partial charge in [0, 0.05) is 6.54 Å². The number of hydrogen-bond donors (Lipinski definition) is 3. The van der Waals surface area contributed by atoms with Gasteiger partial charge in [-0.15, -0.1) is 0 Å². The fourth-order valence-corrected chi connectivity index (χ4v) is 2.18. The van der Waals surface area contributed by atoms with Gasteiger partial charge in [-0.05, 0) is 18.4 Å². The molecule has 0 aliphatic heterocycles. The third-order valence-electron chi connectivity index (χ3n) is 3.92. The molecule has 1 aromatic carbocycles. The van der Waals surface area contributed by atoms with Gasteiger partial charge in [-0.3, -0.25) is 4.79 Å². The Hall–Kier alpha value is -1.39. The van der Waals surface area contributed by atoms with Crippen LogP contribution in [-0.4, -0.2) is 24.2 Å². The minimum atomic E-state index is -0.539. The van der Waals surface area contributed by atoms with Crippen LogP contribution in [0.25, 0.3) is 0 Å². The smallest absolute Gasteiger partial charge is 0.228 e. The molecule has 0 radical (unpaired) electrons. The Morgan fingerprint density at radius 2 is 1.89 bits per heavy atom. The van der Waals surface area contributed by atoms with E-state index in [1.54, 1.807) is 0 Å². The van der Waals surface area contributed by atoms with Gasteiger partial charge in [0.1, 0.15) is 0 Å². The molecule has 0 heterocycles. The van der Waals surface area contributed by atoms with Crippen molar-refractivity contribution in [1.82, 2.24) is 5.32 Å². The summed E-state index contributed by atoms with van der Waals surface area (Å²) in [6.45, 7) is 4.13. The molecule has 0 spiro atoms. The minimum absolute atomic E-state index is 0.0806. The molecule has 1 rings (SSSR count). The molecule has 0 aliphatic carbocycles. The van der Waals surface area contributed by atoms with E-state index < -0.39 is 5.41 Å². The van der Waals surface area contributed by atoms with E-state index in [1.165, 1.54) is 0 Å². The van der Waals surface area contributed by atoms with Crippen LogP contribution in [0.5, 0.6) is 0 Å². The number of aliphatic hydroxyl groups is 1. The van der Waals surface area contributed by atoms with Crippen LogP contribution in [0.4, 0.5) is 0 Å². The summed E-state index contributed by atoms with van der Waals surface area (Å²) in [6.07, 6.45) is 1.39. The van der Waals surface area contributed by atoms with Crippen molar-refractivity contribution in [3.05, 3.63) is 35.9 Å². The monoisotopic (exact) mass is 264 g/mol. The SMILES string of the molecule is CCC(CC)(CN)C(=O)NC(CO)c1ccccc1. The minimum Gasteiger partial charge on any atom is -0.394 e. The first-order chi connectivity index (χ1) is 9.13. The summed E-state index contributed by atoms with van der Waals surface area (Å²) in [5, 5.41) is 12.4. The highest BCUT2D eigenvalue weighted by molar-refractivity contribution is 5.83. The van der Waals surface area contributed by atoms with Crippen LogP contribution in [0.1, 0.15) is 38.3 Å². The second-order valence-electron chi connectivity index (χ2n) is 4.81. The summed E-state index contributed by atoms with van der Waals surface area (Å²) in [5.74, 6) is -0.0806. The number of benzene rings is 1. The Morgan fingerprint density at radius 1 is 1.32 bits per heavy atom. The largest absolute Gasteiger partial charge is 0.394 e. The Morgan fingerprint density at radius 3 is 2.32 bits per heavy atom. The zero-order valence-corrected chi connectivity index (χ0v) is 11.7. The van der Waals surface area contributed by atoms with Gasteiger partial charge in [0.15, 0.2) is 0 Å². The molecule has 4 nitrogen and oxygen atoms in total. The lowest BCUT2D eigenvalue weighted by molar-refractivity contribution is -0.132. The van der Waals surface area contributed by atoms with Gasteiger partial charge in [-0.1, -0.05) is 44.2 Å². The third-order valence-corrected chi connectivity index (χ3v) is 3.92. The molecule has 106 valence electrons. The molecule has 4 N–H and O–H groups in total. The Bertz CT molecular complexity index is 380. The molecular weight excluding hydrogens is 240 g/mol. The van der Waals surface area contributed by atoms with Crippen LogP contribution in [0.3, 0.4) is 0 Å². The van der Waals surface area contributed by atoms with E-state index in [0.29, 0.717) is 19.4 Å². The Balaban J connectivity index is 2.84. The average molecular weight is 264 g/mol. The first-order valence-corrected chi connectivity index (χ1v) is 6.80. The molecule has 0 fully saturated rings. The second kappa shape index (κ2) is 7.26. The van der Waals surface area contributed by atoms with Crippen molar-refractivity contribution in [3.8, 4) is 0 Å². The molecule has 19 heavy (non-hydrogen) atoms. The Kier molecular flexibility index (Phi) is 5.99. The molecule has 0 bridgehead atoms. The van der Waals surface area contributed by atoms with Crippen molar-refractivity contribution in [2.45, 2.75) is 32.7 Å². The molecule has 0 aromatic heterocycles. The van der Waals surface area contributed by atoms with Gasteiger partial charge < -0.3 is 16.2 Å². The number of nitrogens with one attached hydrogen (secondary N) is 1. The quantitative estimate of drug-likeness (QED) is 0.700. The number of aliphatic hydroxyl groups excluding tert-OH is 1. The molecule has 1 atom stereocenters. The van der Waals surface area contributed by atoms with Crippen molar-refractivity contribution in [1.29, 1.82) is 0 Å². The highest BCUT2D eigenvalue weighted by atomic mass is 16.3. The van der Waals surface area contributed by atoms with Crippen LogP contribution in [0.15, 0.2) is 30.3 Å². The lowest BCUT2D eigenvalue weighted by atomic mass is 9.81. The van der Waals surface area contributed by atoms with Crippen LogP contribution in [-0.2, 0) is 4.79 Å². The van der Waals surface area contributed by atoms with E-state index in [0.717, 1.165) is 5.56 Å². The highest BCUT2D eigenvalue weighted by Crippen LogP contribution is 2.26. The van der Waals surface area contributed by atoms with Crippen molar-refractivity contribution >= 4 is 5.91 Å². The molecule has 0 saturated heterocycles. The summed E-state index contributed by atoms with van der Waals surface area (Å²) in [4.78, 5) is 12.4. The van der Waals surface area contributed by atoms with Gasteiger partial charge in [-0.25, -0.2) is 0 Å². The summed E-state index contributed by atoms with van der Waals surface area (Å²) in [6, 6.07) is 9.09. The van der Waals surface area contributed by atoms with E-state index in [-0.39, 0.29) is 18.6 Å². The normalized spacial score (nSPS) is 13.1. The standard InChI is InChI=1S/C15H24N2O2/c1-3-15(4-2,11-16)14(19)17-13(10-18)12-8-6-5-7-9-12/h5-9,13,18H,3-4,10-11,16H2,1-2H3,(H,17,19). The molecule has 1 aromatic rings. The van der Waals surface area contributed by atoms with Crippen LogP contribution in [0.2, 0.25) is 0 Å². The van der Waals surface area contributed by atoms with Gasteiger partial charge in [0.25, 0.3) is 0 Å². The fraction of sp³-hybridized carbons (Fsp3) is 0.533. The molecule has 1 unspecified atom stereocenters. The van der Waals surface area contributed by atoms with E-state index in [4.69, 9.17) is 5.73 Å². The first kappa shape index (κ1) is 15.7. The predicted octanol–water partition coefficient (Wildman–Crippen LogP) is 1.60. The highest BCUT2D eigenvalue weighted by Gasteiger charge is 2.34. The summed E-state index contributed by atoms with van der Waals surface area (Å²) < 4.78 is 0. The van der Waals surface area contributed by atoms with Crippen molar-refractivity contribution < 1.29 is 9.90 Å². The number of nitrogens with two attached hydrogens (primary N) is 1. The number of hydrogen-bond acceptors (Lipinski definition) is 3. The first-order valence-electron chi connectivity index (χ1n) is 6.80. The third kappa shape index (κ3) is 3.55. The van der Waals surface area contributed by atoms with Crippen molar-refractivity contribution in [2.75, 3.05) is 13.2 Å². The van der Waals surface area contributed by atoms with Gasteiger partial charge >= 0.3 is 0 Å². The van der Waals surface area contributed by atoms with Crippen LogP contribution in [0, 0.1) is 5.41 Å². The summed E-state index contributed by atoms with van der Waals surface area (Å²) in [7, 11) is 0. The van der Waals surface area contributed by atoms with E-state index in [9.17, 15) is 9.90 Å².